The topological polar surface area (TPSA) is 63.6 Å². The van der Waals surface area contributed by atoms with E-state index >= 15 is 0 Å². The summed E-state index contributed by atoms with van der Waals surface area (Å²) in [6.45, 7) is 0.575. The summed E-state index contributed by atoms with van der Waals surface area (Å²) in [5.41, 5.74) is 0.290. The maximum Gasteiger partial charge on any atom is 0.336 e. The number of aromatic carboxylic acids is 1. The first kappa shape index (κ1) is 11.8. The summed E-state index contributed by atoms with van der Waals surface area (Å²) in [4.78, 5) is 23.2. The monoisotopic (exact) mass is 234 g/mol. The highest BCUT2D eigenvalue weighted by atomic mass is 16.5. The van der Waals surface area contributed by atoms with Gasteiger partial charge in [-0.3, -0.25) is 4.79 Å². The molecule has 17 heavy (non-hydrogen) atoms. The number of Topliss-reactive ketones (excluding diaryl/α,β-unsaturated/α-hetero) is 1. The molecule has 0 spiro atoms. The molecular formula is C13H14O4. The second kappa shape index (κ2) is 5.10. The van der Waals surface area contributed by atoms with Crippen molar-refractivity contribution in [2.45, 2.75) is 25.4 Å². The van der Waals surface area contributed by atoms with E-state index in [1.54, 1.807) is 18.2 Å². The average molecular weight is 234 g/mol. The number of ketones is 1. The van der Waals surface area contributed by atoms with Crippen molar-refractivity contribution in [3.63, 3.8) is 0 Å². The van der Waals surface area contributed by atoms with Crippen LogP contribution in [-0.2, 0) is 4.74 Å². The number of carboxylic acid groups (broad SMARTS) is 1. The van der Waals surface area contributed by atoms with Crippen LogP contribution in [0.2, 0.25) is 0 Å². The lowest BCUT2D eigenvalue weighted by atomic mass is 9.96. The summed E-state index contributed by atoms with van der Waals surface area (Å²) in [6.07, 6.45) is 2.10. The molecule has 0 bridgehead atoms. The zero-order valence-electron chi connectivity index (χ0n) is 9.39. The quantitative estimate of drug-likeness (QED) is 0.814. The van der Waals surface area contributed by atoms with Gasteiger partial charge < -0.3 is 9.84 Å². The van der Waals surface area contributed by atoms with Crippen LogP contribution in [0.5, 0.6) is 0 Å². The van der Waals surface area contributed by atoms with Gasteiger partial charge in [0.25, 0.3) is 0 Å². The third-order valence-corrected chi connectivity index (χ3v) is 2.90. The molecule has 1 heterocycles. The lowest BCUT2D eigenvalue weighted by Gasteiger charge is -2.21. The number of carbonyl (C=O) groups is 2. The predicted octanol–water partition coefficient (Wildman–Crippen LogP) is 2.14. The fraction of sp³-hybridized carbons (Fsp3) is 0.385. The van der Waals surface area contributed by atoms with Gasteiger partial charge in [-0.05, 0) is 25.3 Å². The van der Waals surface area contributed by atoms with Gasteiger partial charge in [-0.2, -0.15) is 0 Å². The third-order valence-electron chi connectivity index (χ3n) is 2.90. The molecule has 90 valence electrons. The molecule has 4 heteroatoms. The van der Waals surface area contributed by atoms with Gasteiger partial charge in [0.15, 0.2) is 5.78 Å². The van der Waals surface area contributed by atoms with Crippen molar-refractivity contribution in [2.24, 2.45) is 0 Å². The van der Waals surface area contributed by atoms with Gasteiger partial charge in [0.05, 0.1) is 5.56 Å². The minimum absolute atomic E-state index is 0.0478. The second-order valence-corrected chi connectivity index (χ2v) is 4.07. The third kappa shape index (κ3) is 2.53. The van der Waals surface area contributed by atoms with Crippen molar-refractivity contribution >= 4 is 11.8 Å². The van der Waals surface area contributed by atoms with E-state index in [0.29, 0.717) is 13.0 Å². The maximum absolute atomic E-state index is 12.1. The van der Waals surface area contributed by atoms with Crippen LogP contribution in [0.1, 0.15) is 40.0 Å². The van der Waals surface area contributed by atoms with Gasteiger partial charge in [0, 0.05) is 12.2 Å². The molecule has 1 saturated heterocycles. The molecular weight excluding hydrogens is 220 g/mol. The molecule has 1 aromatic rings. The van der Waals surface area contributed by atoms with Gasteiger partial charge >= 0.3 is 5.97 Å². The molecule has 1 fully saturated rings. The fourth-order valence-electron chi connectivity index (χ4n) is 2.01. The molecule has 1 N–H and O–H groups in total. The molecule has 1 unspecified atom stereocenters. The van der Waals surface area contributed by atoms with E-state index in [1.165, 1.54) is 6.07 Å². The molecule has 0 aromatic heterocycles. The van der Waals surface area contributed by atoms with Crippen LogP contribution in [0, 0.1) is 0 Å². The van der Waals surface area contributed by atoms with E-state index in [9.17, 15) is 9.59 Å². The number of hydrogen-bond acceptors (Lipinski definition) is 3. The van der Waals surface area contributed by atoms with Gasteiger partial charge in [-0.15, -0.1) is 0 Å². The molecule has 1 aliphatic heterocycles. The molecule has 0 aliphatic carbocycles. The highest BCUT2D eigenvalue weighted by Crippen LogP contribution is 2.19. The van der Waals surface area contributed by atoms with Crippen molar-refractivity contribution in [1.29, 1.82) is 0 Å². The molecule has 1 aliphatic rings. The summed E-state index contributed by atoms with van der Waals surface area (Å²) in [6, 6.07) is 6.27. The predicted molar refractivity (Wildman–Crippen MR) is 61.3 cm³/mol. The van der Waals surface area contributed by atoms with Crippen molar-refractivity contribution in [2.75, 3.05) is 6.61 Å². The maximum atomic E-state index is 12.1. The highest BCUT2D eigenvalue weighted by molar-refractivity contribution is 6.07. The standard InChI is InChI=1S/C13H14O4/c14-12(11-7-3-4-8-17-11)9-5-1-2-6-10(9)13(15)16/h1-2,5-6,11H,3-4,7-8H2,(H,15,16). The summed E-state index contributed by atoms with van der Waals surface area (Å²) < 4.78 is 5.39. The average Bonchev–Trinajstić information content (AvgIpc) is 2.39. The van der Waals surface area contributed by atoms with Crippen LogP contribution in [0.25, 0.3) is 0 Å². The Hall–Kier alpha value is -1.68. The molecule has 0 radical (unpaired) electrons. The van der Waals surface area contributed by atoms with Crippen LogP contribution in [0.3, 0.4) is 0 Å². The van der Waals surface area contributed by atoms with E-state index in [-0.39, 0.29) is 16.9 Å². The van der Waals surface area contributed by atoms with Crippen molar-refractivity contribution in [1.82, 2.24) is 0 Å². The largest absolute Gasteiger partial charge is 0.478 e. The van der Waals surface area contributed by atoms with E-state index in [0.717, 1.165) is 12.8 Å². The summed E-state index contributed by atoms with van der Waals surface area (Å²) in [5.74, 6) is -1.30. The number of ether oxygens (including phenoxy) is 1. The number of rotatable bonds is 3. The van der Waals surface area contributed by atoms with Gasteiger partial charge in [0.1, 0.15) is 6.10 Å². The van der Waals surface area contributed by atoms with Crippen LogP contribution >= 0.6 is 0 Å². The first-order valence-electron chi connectivity index (χ1n) is 5.68. The normalized spacial score (nSPS) is 19.9. The number of carboxylic acids is 1. The Bertz CT molecular complexity index is 433. The summed E-state index contributed by atoms with van der Waals surface area (Å²) >= 11 is 0. The zero-order valence-corrected chi connectivity index (χ0v) is 9.39. The Balaban J connectivity index is 2.26. The van der Waals surface area contributed by atoms with Crippen molar-refractivity contribution in [3.8, 4) is 0 Å². The van der Waals surface area contributed by atoms with E-state index in [4.69, 9.17) is 9.84 Å². The smallest absolute Gasteiger partial charge is 0.336 e. The number of carbonyl (C=O) groups excluding carboxylic acids is 1. The van der Waals surface area contributed by atoms with E-state index in [2.05, 4.69) is 0 Å². The van der Waals surface area contributed by atoms with Crippen molar-refractivity contribution in [3.05, 3.63) is 35.4 Å². The Morgan fingerprint density at radius 1 is 1.18 bits per heavy atom. The zero-order chi connectivity index (χ0) is 12.3. The van der Waals surface area contributed by atoms with Crippen molar-refractivity contribution < 1.29 is 19.4 Å². The Kier molecular flexibility index (Phi) is 3.54. The SMILES string of the molecule is O=C(O)c1ccccc1C(=O)C1CCCCO1. The van der Waals surface area contributed by atoms with Gasteiger partial charge in [0.2, 0.25) is 0 Å². The molecule has 4 nitrogen and oxygen atoms in total. The number of benzene rings is 1. The van der Waals surface area contributed by atoms with Crippen LogP contribution in [-0.4, -0.2) is 29.6 Å². The molecule has 1 atom stereocenters. The van der Waals surface area contributed by atoms with E-state index in [1.807, 2.05) is 0 Å². The highest BCUT2D eigenvalue weighted by Gasteiger charge is 2.26. The Morgan fingerprint density at radius 3 is 2.47 bits per heavy atom. The van der Waals surface area contributed by atoms with Crippen LogP contribution < -0.4 is 0 Å². The Morgan fingerprint density at radius 2 is 1.88 bits per heavy atom. The first-order chi connectivity index (χ1) is 8.20. The van der Waals surface area contributed by atoms with Gasteiger partial charge in [-0.1, -0.05) is 18.2 Å². The van der Waals surface area contributed by atoms with Crippen LogP contribution in [0.15, 0.2) is 24.3 Å². The Labute approximate surface area is 99.2 Å². The summed E-state index contributed by atoms with van der Waals surface area (Å²) in [5, 5.41) is 9.02. The van der Waals surface area contributed by atoms with Gasteiger partial charge in [-0.25, -0.2) is 4.79 Å². The number of hydrogen-bond donors (Lipinski definition) is 1. The van der Waals surface area contributed by atoms with Crippen LogP contribution in [0.4, 0.5) is 0 Å². The molecule has 0 amide bonds. The molecule has 2 rings (SSSR count). The lowest BCUT2D eigenvalue weighted by molar-refractivity contribution is 0.0185. The molecule has 0 saturated carbocycles. The lowest BCUT2D eigenvalue weighted by Crippen LogP contribution is -2.29. The first-order valence-corrected chi connectivity index (χ1v) is 5.68. The summed E-state index contributed by atoms with van der Waals surface area (Å²) in [7, 11) is 0. The minimum atomic E-state index is -1.08. The minimum Gasteiger partial charge on any atom is -0.478 e. The second-order valence-electron chi connectivity index (χ2n) is 4.07. The fourth-order valence-corrected chi connectivity index (χ4v) is 2.01. The molecule has 1 aromatic carbocycles. The van der Waals surface area contributed by atoms with E-state index < -0.39 is 12.1 Å².